The molecule has 0 amide bonds. The van der Waals surface area contributed by atoms with E-state index in [-0.39, 0.29) is 17.8 Å². The molecule has 3 atom stereocenters. The SMILES string of the molecule is CC(=O)O/C=C(\C)C1CCC(C)C1C=O. The van der Waals surface area contributed by atoms with Crippen molar-refractivity contribution in [3.05, 3.63) is 11.8 Å². The van der Waals surface area contributed by atoms with Gasteiger partial charge in [0.1, 0.15) is 6.29 Å². The van der Waals surface area contributed by atoms with Crippen LogP contribution >= 0.6 is 0 Å². The Balaban J connectivity index is 2.66. The minimum Gasteiger partial charge on any atom is -0.435 e. The van der Waals surface area contributed by atoms with E-state index < -0.39 is 0 Å². The van der Waals surface area contributed by atoms with Crippen LogP contribution in [-0.4, -0.2) is 12.3 Å². The van der Waals surface area contributed by atoms with E-state index in [1.54, 1.807) is 0 Å². The van der Waals surface area contributed by atoms with E-state index in [9.17, 15) is 9.59 Å². The minimum atomic E-state index is -0.317. The predicted molar refractivity (Wildman–Crippen MR) is 57.0 cm³/mol. The van der Waals surface area contributed by atoms with Crippen LogP contribution in [0.1, 0.15) is 33.6 Å². The Morgan fingerprint density at radius 1 is 1.33 bits per heavy atom. The fourth-order valence-corrected chi connectivity index (χ4v) is 2.25. The van der Waals surface area contributed by atoms with Crippen LogP contribution in [0.4, 0.5) is 0 Å². The third-order valence-electron chi connectivity index (χ3n) is 3.21. The Morgan fingerprint density at radius 3 is 2.53 bits per heavy atom. The second-order valence-electron chi connectivity index (χ2n) is 4.35. The Labute approximate surface area is 90.5 Å². The number of rotatable bonds is 3. The van der Waals surface area contributed by atoms with Crippen LogP contribution in [-0.2, 0) is 14.3 Å². The number of esters is 1. The molecule has 1 rings (SSSR count). The number of allylic oxidation sites excluding steroid dienone is 1. The molecule has 1 fully saturated rings. The van der Waals surface area contributed by atoms with Crippen LogP contribution < -0.4 is 0 Å². The molecule has 1 aliphatic rings. The Morgan fingerprint density at radius 2 is 2.00 bits per heavy atom. The summed E-state index contributed by atoms with van der Waals surface area (Å²) in [5.74, 6) is 0.449. The molecular formula is C12H18O3. The average Bonchev–Trinajstić information content (AvgIpc) is 2.55. The van der Waals surface area contributed by atoms with Crippen molar-refractivity contribution in [2.75, 3.05) is 0 Å². The van der Waals surface area contributed by atoms with Gasteiger partial charge in [-0.05, 0) is 37.2 Å². The lowest BCUT2D eigenvalue weighted by molar-refractivity contribution is -0.135. The van der Waals surface area contributed by atoms with Gasteiger partial charge in [-0.3, -0.25) is 4.79 Å². The van der Waals surface area contributed by atoms with Crippen molar-refractivity contribution in [2.24, 2.45) is 17.8 Å². The van der Waals surface area contributed by atoms with Gasteiger partial charge < -0.3 is 9.53 Å². The van der Waals surface area contributed by atoms with Crippen LogP contribution in [0.3, 0.4) is 0 Å². The highest BCUT2D eigenvalue weighted by molar-refractivity contribution is 5.66. The molecule has 0 bridgehead atoms. The number of hydrogen-bond acceptors (Lipinski definition) is 3. The lowest BCUT2D eigenvalue weighted by Crippen LogP contribution is -2.15. The van der Waals surface area contributed by atoms with Gasteiger partial charge in [0.05, 0.1) is 6.26 Å². The molecule has 0 aromatic carbocycles. The number of carbonyl (C=O) groups is 2. The van der Waals surface area contributed by atoms with Crippen molar-refractivity contribution < 1.29 is 14.3 Å². The summed E-state index contributed by atoms with van der Waals surface area (Å²) in [5.41, 5.74) is 0.992. The second-order valence-corrected chi connectivity index (χ2v) is 4.35. The van der Waals surface area contributed by atoms with Crippen LogP contribution in [0.2, 0.25) is 0 Å². The van der Waals surface area contributed by atoms with E-state index in [0.717, 1.165) is 24.7 Å². The van der Waals surface area contributed by atoms with Gasteiger partial charge in [0.2, 0.25) is 0 Å². The standard InChI is InChI=1S/C12H18O3/c1-8-4-5-11(12(8)6-13)9(2)7-15-10(3)14/h6-8,11-12H,4-5H2,1-3H3/b9-7+. The Hall–Kier alpha value is -1.12. The summed E-state index contributed by atoms with van der Waals surface area (Å²) in [7, 11) is 0. The van der Waals surface area contributed by atoms with Gasteiger partial charge in [-0.1, -0.05) is 6.92 Å². The highest BCUT2D eigenvalue weighted by Crippen LogP contribution is 2.39. The van der Waals surface area contributed by atoms with Crippen molar-refractivity contribution in [1.82, 2.24) is 0 Å². The van der Waals surface area contributed by atoms with Crippen LogP contribution in [0.25, 0.3) is 0 Å². The summed E-state index contributed by atoms with van der Waals surface area (Å²) in [6.45, 7) is 5.39. The summed E-state index contributed by atoms with van der Waals surface area (Å²) in [4.78, 5) is 21.6. The summed E-state index contributed by atoms with van der Waals surface area (Å²) in [5, 5.41) is 0. The van der Waals surface area contributed by atoms with Gasteiger partial charge in [0.15, 0.2) is 0 Å². The summed E-state index contributed by atoms with van der Waals surface area (Å²) in [6.07, 6.45) is 4.60. The summed E-state index contributed by atoms with van der Waals surface area (Å²) >= 11 is 0. The average molecular weight is 210 g/mol. The highest BCUT2D eigenvalue weighted by Gasteiger charge is 2.34. The molecule has 0 heterocycles. The van der Waals surface area contributed by atoms with Crippen molar-refractivity contribution in [1.29, 1.82) is 0 Å². The first kappa shape index (κ1) is 12.0. The fourth-order valence-electron chi connectivity index (χ4n) is 2.25. The maximum Gasteiger partial charge on any atom is 0.307 e. The van der Waals surface area contributed by atoms with E-state index in [1.807, 2.05) is 6.92 Å². The molecule has 3 nitrogen and oxygen atoms in total. The van der Waals surface area contributed by atoms with Gasteiger partial charge >= 0.3 is 5.97 Å². The van der Waals surface area contributed by atoms with Crippen LogP contribution in [0, 0.1) is 17.8 Å². The van der Waals surface area contributed by atoms with Gasteiger partial charge in [-0.2, -0.15) is 0 Å². The molecule has 3 heteroatoms. The van der Waals surface area contributed by atoms with Crippen LogP contribution in [0.15, 0.2) is 11.8 Å². The third kappa shape index (κ3) is 2.91. The maximum atomic E-state index is 10.9. The van der Waals surface area contributed by atoms with Gasteiger partial charge in [0, 0.05) is 12.8 Å². The highest BCUT2D eigenvalue weighted by atomic mass is 16.5. The molecule has 1 saturated carbocycles. The third-order valence-corrected chi connectivity index (χ3v) is 3.21. The lowest BCUT2D eigenvalue weighted by Gasteiger charge is -2.17. The van der Waals surface area contributed by atoms with Gasteiger partial charge in [-0.15, -0.1) is 0 Å². The smallest absolute Gasteiger partial charge is 0.307 e. The zero-order valence-corrected chi connectivity index (χ0v) is 9.53. The summed E-state index contributed by atoms with van der Waals surface area (Å²) in [6, 6.07) is 0. The topological polar surface area (TPSA) is 43.4 Å². The van der Waals surface area contributed by atoms with Crippen molar-refractivity contribution in [2.45, 2.75) is 33.6 Å². The van der Waals surface area contributed by atoms with E-state index in [2.05, 4.69) is 6.92 Å². The Bertz CT molecular complexity index is 281. The largest absolute Gasteiger partial charge is 0.435 e. The molecular weight excluding hydrogens is 192 g/mol. The zero-order valence-electron chi connectivity index (χ0n) is 9.53. The summed E-state index contributed by atoms with van der Waals surface area (Å²) < 4.78 is 4.83. The lowest BCUT2D eigenvalue weighted by atomic mass is 9.87. The molecule has 1 aliphatic carbocycles. The molecule has 15 heavy (non-hydrogen) atoms. The molecule has 0 spiro atoms. The molecule has 0 aromatic rings. The first-order valence-corrected chi connectivity index (χ1v) is 5.35. The molecule has 0 aliphatic heterocycles. The number of ether oxygens (including phenoxy) is 1. The molecule has 0 aromatic heterocycles. The van der Waals surface area contributed by atoms with Crippen LogP contribution in [0.5, 0.6) is 0 Å². The predicted octanol–water partition coefficient (Wildman–Crippen LogP) is 2.31. The maximum absolute atomic E-state index is 10.9. The van der Waals surface area contributed by atoms with E-state index in [4.69, 9.17) is 4.74 Å². The Kier molecular flexibility index (Phi) is 4.06. The monoisotopic (exact) mass is 210 g/mol. The van der Waals surface area contributed by atoms with Crippen molar-refractivity contribution in [3.8, 4) is 0 Å². The molecule has 3 unspecified atom stereocenters. The zero-order chi connectivity index (χ0) is 11.4. The van der Waals surface area contributed by atoms with Crippen molar-refractivity contribution >= 4 is 12.3 Å². The van der Waals surface area contributed by atoms with Gasteiger partial charge in [0.25, 0.3) is 0 Å². The minimum absolute atomic E-state index is 0.0804. The molecule has 0 saturated heterocycles. The fraction of sp³-hybridized carbons (Fsp3) is 0.667. The second kappa shape index (κ2) is 5.10. The number of hydrogen-bond donors (Lipinski definition) is 0. The number of aldehydes is 1. The quantitative estimate of drug-likeness (QED) is 0.408. The molecule has 0 N–H and O–H groups in total. The van der Waals surface area contributed by atoms with E-state index in [1.165, 1.54) is 13.2 Å². The van der Waals surface area contributed by atoms with E-state index in [0.29, 0.717) is 5.92 Å². The first-order valence-electron chi connectivity index (χ1n) is 5.35. The van der Waals surface area contributed by atoms with Gasteiger partial charge in [-0.25, -0.2) is 0 Å². The first-order chi connectivity index (χ1) is 7.06. The number of carbonyl (C=O) groups excluding carboxylic acids is 2. The normalized spacial score (nSPS) is 31.4. The van der Waals surface area contributed by atoms with E-state index >= 15 is 0 Å². The molecule has 84 valence electrons. The van der Waals surface area contributed by atoms with Crippen molar-refractivity contribution in [3.63, 3.8) is 0 Å². The molecule has 0 radical (unpaired) electrons.